The Morgan fingerprint density at radius 3 is 2.54 bits per heavy atom. The molecule has 0 amide bonds. The number of hydrogen-bond acceptors (Lipinski definition) is 1. The number of nitrogens with two attached hydrogens (primary N) is 2. The standard InChI is InChI=1S/C10H19N3/c11-10(12)13-8-4-7-9-5-2-1-3-6-9/h4,7,9H,1-3,5-6,8H2,(H4,11,12,13)/b7-4+. The summed E-state index contributed by atoms with van der Waals surface area (Å²) >= 11 is 0. The Hall–Kier alpha value is -0.990. The van der Waals surface area contributed by atoms with E-state index < -0.39 is 0 Å². The van der Waals surface area contributed by atoms with Crippen LogP contribution in [0.25, 0.3) is 0 Å². The lowest BCUT2D eigenvalue weighted by atomic mass is 9.89. The maximum Gasteiger partial charge on any atom is 0.186 e. The number of guanidine groups is 1. The van der Waals surface area contributed by atoms with Gasteiger partial charge >= 0.3 is 0 Å². The summed E-state index contributed by atoms with van der Waals surface area (Å²) in [5.41, 5.74) is 10.4. The monoisotopic (exact) mass is 181 g/mol. The third-order valence-corrected chi connectivity index (χ3v) is 2.44. The number of aliphatic imine (C=N–C) groups is 1. The highest BCUT2D eigenvalue weighted by molar-refractivity contribution is 5.75. The highest BCUT2D eigenvalue weighted by atomic mass is 15.0. The average molecular weight is 181 g/mol. The molecule has 0 atom stereocenters. The van der Waals surface area contributed by atoms with Crippen LogP contribution in [0, 0.1) is 5.92 Å². The summed E-state index contributed by atoms with van der Waals surface area (Å²) in [7, 11) is 0. The van der Waals surface area contributed by atoms with Crippen molar-refractivity contribution in [2.45, 2.75) is 32.1 Å². The van der Waals surface area contributed by atoms with Gasteiger partial charge < -0.3 is 11.5 Å². The molecule has 13 heavy (non-hydrogen) atoms. The minimum Gasteiger partial charge on any atom is -0.370 e. The molecule has 3 heteroatoms. The van der Waals surface area contributed by atoms with Gasteiger partial charge in [0.15, 0.2) is 5.96 Å². The molecule has 0 heterocycles. The Kier molecular flexibility index (Phi) is 4.36. The number of rotatable bonds is 3. The van der Waals surface area contributed by atoms with E-state index >= 15 is 0 Å². The molecule has 1 aliphatic carbocycles. The lowest BCUT2D eigenvalue weighted by Crippen LogP contribution is -2.22. The second-order valence-electron chi connectivity index (χ2n) is 3.59. The van der Waals surface area contributed by atoms with E-state index in [2.05, 4.69) is 17.1 Å². The van der Waals surface area contributed by atoms with Crippen LogP contribution in [-0.4, -0.2) is 12.5 Å². The third kappa shape index (κ3) is 4.55. The van der Waals surface area contributed by atoms with Gasteiger partial charge in [-0.15, -0.1) is 0 Å². The van der Waals surface area contributed by atoms with Crippen LogP contribution in [0.5, 0.6) is 0 Å². The molecule has 4 N–H and O–H groups in total. The van der Waals surface area contributed by atoms with Crippen molar-refractivity contribution in [1.29, 1.82) is 0 Å². The van der Waals surface area contributed by atoms with Crippen LogP contribution in [0.15, 0.2) is 17.1 Å². The van der Waals surface area contributed by atoms with Crippen molar-refractivity contribution in [2.24, 2.45) is 22.4 Å². The molecule has 1 fully saturated rings. The minimum absolute atomic E-state index is 0.174. The van der Waals surface area contributed by atoms with E-state index in [1.807, 2.05) is 0 Å². The van der Waals surface area contributed by atoms with Crippen LogP contribution in [0.4, 0.5) is 0 Å². The van der Waals surface area contributed by atoms with E-state index in [1.54, 1.807) is 0 Å². The van der Waals surface area contributed by atoms with Crippen molar-refractivity contribution in [1.82, 2.24) is 0 Å². The first-order valence-corrected chi connectivity index (χ1v) is 5.01. The van der Waals surface area contributed by atoms with Crippen LogP contribution in [0.3, 0.4) is 0 Å². The van der Waals surface area contributed by atoms with Gasteiger partial charge in [0.25, 0.3) is 0 Å². The highest BCUT2D eigenvalue weighted by Crippen LogP contribution is 2.24. The zero-order valence-electron chi connectivity index (χ0n) is 8.08. The summed E-state index contributed by atoms with van der Waals surface area (Å²) in [4.78, 5) is 3.89. The Balaban J connectivity index is 2.18. The molecule has 74 valence electrons. The quantitative estimate of drug-likeness (QED) is 0.392. The lowest BCUT2D eigenvalue weighted by molar-refractivity contribution is 0.419. The number of hydrogen-bond donors (Lipinski definition) is 2. The Bertz CT molecular complexity index is 186. The SMILES string of the molecule is NC(N)=NC/C=C/C1CCCCC1. The zero-order valence-corrected chi connectivity index (χ0v) is 8.08. The summed E-state index contributed by atoms with van der Waals surface area (Å²) in [6, 6.07) is 0. The molecule has 0 spiro atoms. The molecule has 3 nitrogen and oxygen atoms in total. The Labute approximate surface area is 79.9 Å². The molecule has 1 rings (SSSR count). The molecule has 0 aromatic carbocycles. The Morgan fingerprint density at radius 1 is 1.23 bits per heavy atom. The van der Waals surface area contributed by atoms with E-state index in [0.29, 0.717) is 6.54 Å². The molecular formula is C10H19N3. The van der Waals surface area contributed by atoms with Crippen LogP contribution >= 0.6 is 0 Å². The van der Waals surface area contributed by atoms with Crippen LogP contribution < -0.4 is 11.5 Å². The molecule has 0 unspecified atom stereocenters. The summed E-state index contributed by atoms with van der Waals surface area (Å²) in [6.07, 6.45) is 11.1. The number of nitrogens with zero attached hydrogens (tertiary/aromatic N) is 1. The van der Waals surface area contributed by atoms with Crippen molar-refractivity contribution in [3.8, 4) is 0 Å². The molecule has 1 saturated carbocycles. The normalized spacial score (nSPS) is 19.1. The molecule has 0 bridgehead atoms. The van der Waals surface area contributed by atoms with E-state index in [-0.39, 0.29) is 5.96 Å². The van der Waals surface area contributed by atoms with Crippen molar-refractivity contribution in [2.75, 3.05) is 6.54 Å². The highest BCUT2D eigenvalue weighted by Gasteiger charge is 2.08. The first-order chi connectivity index (χ1) is 6.29. The summed E-state index contributed by atoms with van der Waals surface area (Å²) in [5, 5.41) is 0. The van der Waals surface area contributed by atoms with E-state index in [1.165, 1.54) is 32.1 Å². The first-order valence-electron chi connectivity index (χ1n) is 5.01. The van der Waals surface area contributed by atoms with Crippen molar-refractivity contribution in [3.05, 3.63) is 12.2 Å². The second-order valence-corrected chi connectivity index (χ2v) is 3.59. The van der Waals surface area contributed by atoms with Crippen molar-refractivity contribution >= 4 is 5.96 Å². The topological polar surface area (TPSA) is 64.4 Å². The van der Waals surface area contributed by atoms with E-state index in [0.717, 1.165) is 5.92 Å². The van der Waals surface area contributed by atoms with Crippen molar-refractivity contribution in [3.63, 3.8) is 0 Å². The maximum atomic E-state index is 5.21. The van der Waals surface area contributed by atoms with Gasteiger partial charge in [-0.05, 0) is 18.8 Å². The molecular weight excluding hydrogens is 162 g/mol. The van der Waals surface area contributed by atoms with Crippen LogP contribution in [0.1, 0.15) is 32.1 Å². The third-order valence-electron chi connectivity index (χ3n) is 2.44. The average Bonchev–Trinajstić information content (AvgIpc) is 2.14. The van der Waals surface area contributed by atoms with E-state index in [9.17, 15) is 0 Å². The fourth-order valence-corrected chi connectivity index (χ4v) is 1.74. The predicted molar refractivity (Wildman–Crippen MR) is 56.4 cm³/mol. The molecule has 0 aliphatic heterocycles. The zero-order chi connectivity index (χ0) is 9.52. The maximum absolute atomic E-state index is 5.21. The molecule has 0 radical (unpaired) electrons. The largest absolute Gasteiger partial charge is 0.370 e. The summed E-state index contributed by atoms with van der Waals surface area (Å²) in [5.74, 6) is 0.941. The molecule has 0 aromatic heterocycles. The summed E-state index contributed by atoms with van der Waals surface area (Å²) in [6.45, 7) is 0.624. The molecule has 0 saturated heterocycles. The smallest absolute Gasteiger partial charge is 0.186 e. The van der Waals surface area contributed by atoms with Crippen LogP contribution in [0.2, 0.25) is 0 Å². The second kappa shape index (κ2) is 5.62. The van der Waals surface area contributed by atoms with Gasteiger partial charge in [0, 0.05) is 0 Å². The van der Waals surface area contributed by atoms with Gasteiger partial charge in [0.05, 0.1) is 6.54 Å². The first kappa shape index (κ1) is 10.1. The van der Waals surface area contributed by atoms with Gasteiger partial charge in [0.2, 0.25) is 0 Å². The fraction of sp³-hybridized carbons (Fsp3) is 0.700. The predicted octanol–water partition coefficient (Wildman–Crippen LogP) is 1.40. The van der Waals surface area contributed by atoms with Crippen LogP contribution in [-0.2, 0) is 0 Å². The molecule has 0 aromatic rings. The Morgan fingerprint density at radius 2 is 1.92 bits per heavy atom. The minimum atomic E-state index is 0.174. The van der Waals surface area contributed by atoms with Gasteiger partial charge in [-0.25, -0.2) is 4.99 Å². The van der Waals surface area contributed by atoms with Gasteiger partial charge in [-0.3, -0.25) is 0 Å². The lowest BCUT2D eigenvalue weighted by Gasteiger charge is -2.17. The molecule has 1 aliphatic rings. The van der Waals surface area contributed by atoms with Gasteiger partial charge in [0.1, 0.15) is 0 Å². The van der Waals surface area contributed by atoms with Crippen molar-refractivity contribution < 1.29 is 0 Å². The van der Waals surface area contributed by atoms with Gasteiger partial charge in [-0.2, -0.15) is 0 Å². The number of allylic oxidation sites excluding steroid dienone is 1. The van der Waals surface area contributed by atoms with Gasteiger partial charge in [-0.1, -0.05) is 31.4 Å². The summed E-state index contributed by atoms with van der Waals surface area (Å²) < 4.78 is 0. The van der Waals surface area contributed by atoms with E-state index in [4.69, 9.17) is 11.5 Å². The fourth-order valence-electron chi connectivity index (χ4n) is 1.74.